The first-order valence-corrected chi connectivity index (χ1v) is 9.92. The number of methoxy groups -OCH3 is 2. The smallest absolute Gasteiger partial charge is 0.337 e. The van der Waals surface area contributed by atoms with Gasteiger partial charge in [0.1, 0.15) is 18.1 Å². The summed E-state index contributed by atoms with van der Waals surface area (Å²) in [7, 11) is -0.683. The van der Waals surface area contributed by atoms with E-state index in [9.17, 15) is 13.2 Å². The van der Waals surface area contributed by atoms with Crippen LogP contribution in [0.25, 0.3) is 0 Å². The standard InChI is InChI=1S/C19H23NO6S/c1-14(12-26-18-10-8-17(24-2)9-11-18)20-27(22,23)13-15-4-6-16(7-5-15)19(21)25-3/h4-11,14,20H,12-13H2,1-3H3/t14-/m0/s1. The van der Waals surface area contributed by atoms with Crippen molar-refractivity contribution >= 4 is 16.0 Å². The largest absolute Gasteiger partial charge is 0.497 e. The van der Waals surface area contributed by atoms with E-state index in [-0.39, 0.29) is 12.4 Å². The van der Waals surface area contributed by atoms with E-state index in [1.54, 1.807) is 50.4 Å². The molecule has 0 aliphatic rings. The van der Waals surface area contributed by atoms with Gasteiger partial charge in [-0.15, -0.1) is 0 Å². The Labute approximate surface area is 159 Å². The summed E-state index contributed by atoms with van der Waals surface area (Å²) < 4.78 is 42.5. The van der Waals surface area contributed by atoms with Gasteiger partial charge in [-0.1, -0.05) is 12.1 Å². The zero-order chi connectivity index (χ0) is 19.9. The number of rotatable bonds is 9. The van der Waals surface area contributed by atoms with Gasteiger partial charge >= 0.3 is 5.97 Å². The van der Waals surface area contributed by atoms with Crippen molar-refractivity contribution in [3.05, 3.63) is 59.7 Å². The van der Waals surface area contributed by atoms with Crippen LogP contribution >= 0.6 is 0 Å². The second-order valence-electron chi connectivity index (χ2n) is 5.95. The molecule has 0 aromatic heterocycles. The molecule has 0 aliphatic carbocycles. The summed E-state index contributed by atoms with van der Waals surface area (Å²) in [6.45, 7) is 1.91. The lowest BCUT2D eigenvalue weighted by atomic mass is 10.1. The molecule has 0 unspecified atom stereocenters. The van der Waals surface area contributed by atoms with Crippen LogP contribution < -0.4 is 14.2 Å². The van der Waals surface area contributed by atoms with E-state index in [0.717, 1.165) is 0 Å². The lowest BCUT2D eigenvalue weighted by molar-refractivity contribution is 0.0600. The molecule has 0 heterocycles. The van der Waals surface area contributed by atoms with E-state index >= 15 is 0 Å². The van der Waals surface area contributed by atoms with Gasteiger partial charge in [-0.25, -0.2) is 17.9 Å². The summed E-state index contributed by atoms with van der Waals surface area (Å²) in [6.07, 6.45) is 0. The van der Waals surface area contributed by atoms with Gasteiger partial charge < -0.3 is 14.2 Å². The first kappa shape index (κ1) is 20.7. The molecule has 27 heavy (non-hydrogen) atoms. The van der Waals surface area contributed by atoms with Crippen LogP contribution in [0.1, 0.15) is 22.8 Å². The van der Waals surface area contributed by atoms with Gasteiger partial charge in [0.25, 0.3) is 0 Å². The Morgan fingerprint density at radius 2 is 1.59 bits per heavy atom. The van der Waals surface area contributed by atoms with Gasteiger partial charge in [-0.3, -0.25) is 0 Å². The fraction of sp³-hybridized carbons (Fsp3) is 0.316. The van der Waals surface area contributed by atoms with E-state index in [2.05, 4.69) is 9.46 Å². The van der Waals surface area contributed by atoms with Gasteiger partial charge in [0.05, 0.1) is 31.6 Å². The Bertz CT molecular complexity index is 847. The summed E-state index contributed by atoms with van der Waals surface area (Å²) in [5, 5.41) is 0. The molecule has 146 valence electrons. The van der Waals surface area contributed by atoms with Crippen molar-refractivity contribution in [3.63, 3.8) is 0 Å². The third kappa shape index (κ3) is 6.58. The zero-order valence-electron chi connectivity index (χ0n) is 15.5. The number of carbonyl (C=O) groups excluding carboxylic acids is 1. The van der Waals surface area contributed by atoms with E-state index in [0.29, 0.717) is 22.6 Å². The lowest BCUT2D eigenvalue weighted by Gasteiger charge is -2.15. The topological polar surface area (TPSA) is 90.9 Å². The summed E-state index contributed by atoms with van der Waals surface area (Å²) in [4.78, 5) is 11.4. The predicted molar refractivity (Wildman–Crippen MR) is 101 cm³/mol. The number of hydrogen-bond donors (Lipinski definition) is 1. The zero-order valence-corrected chi connectivity index (χ0v) is 16.3. The molecule has 0 aliphatic heterocycles. The second-order valence-corrected chi connectivity index (χ2v) is 7.71. The summed E-state index contributed by atoms with van der Waals surface area (Å²) >= 11 is 0. The minimum Gasteiger partial charge on any atom is -0.497 e. The van der Waals surface area contributed by atoms with Crippen LogP contribution in [0, 0.1) is 0 Å². The highest BCUT2D eigenvalue weighted by Gasteiger charge is 2.16. The number of esters is 1. The maximum atomic E-state index is 12.3. The maximum Gasteiger partial charge on any atom is 0.337 e. The van der Waals surface area contributed by atoms with Crippen molar-refractivity contribution < 1.29 is 27.4 Å². The molecular weight excluding hydrogens is 370 g/mol. The highest BCUT2D eigenvalue weighted by Crippen LogP contribution is 2.17. The molecule has 0 fully saturated rings. The Hall–Kier alpha value is -2.58. The molecule has 2 rings (SSSR count). The normalized spacial score (nSPS) is 12.3. The van der Waals surface area contributed by atoms with E-state index in [1.165, 1.54) is 19.2 Å². The number of ether oxygens (including phenoxy) is 3. The first-order valence-electron chi connectivity index (χ1n) is 8.27. The molecule has 0 radical (unpaired) electrons. The quantitative estimate of drug-likeness (QED) is 0.658. The van der Waals surface area contributed by atoms with E-state index < -0.39 is 22.0 Å². The summed E-state index contributed by atoms with van der Waals surface area (Å²) in [5.74, 6) is 0.683. The van der Waals surface area contributed by atoms with Gasteiger partial charge in [-0.05, 0) is 48.9 Å². The Morgan fingerprint density at radius 1 is 1.00 bits per heavy atom. The molecule has 0 bridgehead atoms. The molecule has 0 amide bonds. The Kier molecular flexibility index (Phi) is 7.20. The van der Waals surface area contributed by atoms with Gasteiger partial charge in [-0.2, -0.15) is 0 Å². The van der Waals surface area contributed by atoms with Crippen LogP contribution in [0.4, 0.5) is 0 Å². The summed E-state index contributed by atoms with van der Waals surface area (Å²) in [6, 6.07) is 12.9. The van der Waals surface area contributed by atoms with Crippen molar-refractivity contribution in [1.82, 2.24) is 4.72 Å². The van der Waals surface area contributed by atoms with Crippen LogP contribution in [-0.4, -0.2) is 41.3 Å². The number of sulfonamides is 1. The molecule has 1 N–H and O–H groups in total. The fourth-order valence-corrected chi connectivity index (χ4v) is 3.75. The molecule has 2 aromatic rings. The Balaban J connectivity index is 1.87. The van der Waals surface area contributed by atoms with E-state index in [4.69, 9.17) is 9.47 Å². The van der Waals surface area contributed by atoms with Gasteiger partial charge in [0, 0.05) is 0 Å². The molecule has 0 spiro atoms. The predicted octanol–water partition coefficient (Wildman–Crippen LogP) is 2.37. The van der Waals surface area contributed by atoms with Crippen LogP contribution in [0.3, 0.4) is 0 Å². The van der Waals surface area contributed by atoms with Crippen LogP contribution in [-0.2, 0) is 20.5 Å². The van der Waals surface area contributed by atoms with Crippen molar-refractivity contribution in [2.45, 2.75) is 18.7 Å². The van der Waals surface area contributed by atoms with Gasteiger partial charge in [0.2, 0.25) is 10.0 Å². The van der Waals surface area contributed by atoms with Gasteiger partial charge in [0.15, 0.2) is 0 Å². The molecule has 0 saturated carbocycles. The van der Waals surface area contributed by atoms with Crippen LogP contribution in [0.5, 0.6) is 11.5 Å². The van der Waals surface area contributed by atoms with Crippen molar-refractivity contribution in [2.24, 2.45) is 0 Å². The highest BCUT2D eigenvalue weighted by atomic mass is 32.2. The van der Waals surface area contributed by atoms with Crippen LogP contribution in [0.2, 0.25) is 0 Å². The van der Waals surface area contributed by atoms with Crippen LogP contribution in [0.15, 0.2) is 48.5 Å². The molecule has 0 saturated heterocycles. The highest BCUT2D eigenvalue weighted by molar-refractivity contribution is 7.88. The maximum absolute atomic E-state index is 12.3. The molecule has 7 nitrogen and oxygen atoms in total. The fourth-order valence-electron chi connectivity index (χ4n) is 2.35. The summed E-state index contributed by atoms with van der Waals surface area (Å²) in [5.41, 5.74) is 0.936. The third-order valence-corrected chi connectivity index (χ3v) is 5.15. The van der Waals surface area contributed by atoms with Crippen molar-refractivity contribution in [3.8, 4) is 11.5 Å². The SMILES string of the molecule is COC(=O)c1ccc(CS(=O)(=O)N[C@@H](C)COc2ccc(OC)cc2)cc1. The van der Waals surface area contributed by atoms with Crippen molar-refractivity contribution in [2.75, 3.05) is 20.8 Å². The number of benzene rings is 2. The molecule has 1 atom stereocenters. The number of carbonyl (C=O) groups is 1. The minimum atomic E-state index is -3.55. The lowest BCUT2D eigenvalue weighted by Crippen LogP contribution is -2.37. The molecule has 2 aromatic carbocycles. The number of hydrogen-bond acceptors (Lipinski definition) is 6. The second kappa shape index (κ2) is 9.38. The molecular formula is C19H23NO6S. The monoisotopic (exact) mass is 393 g/mol. The number of nitrogens with one attached hydrogen (secondary N) is 1. The third-order valence-electron chi connectivity index (χ3n) is 3.67. The minimum absolute atomic E-state index is 0.187. The van der Waals surface area contributed by atoms with Crippen molar-refractivity contribution in [1.29, 1.82) is 0 Å². The van der Waals surface area contributed by atoms with E-state index in [1.807, 2.05) is 0 Å². The average Bonchev–Trinajstić information content (AvgIpc) is 2.66. The Morgan fingerprint density at radius 3 is 2.15 bits per heavy atom. The average molecular weight is 393 g/mol. The molecule has 8 heteroatoms. The first-order chi connectivity index (χ1) is 12.8.